The Balaban J connectivity index is 2.57. The highest BCUT2D eigenvalue weighted by atomic mass is 32.2. The van der Waals surface area contributed by atoms with Crippen LogP contribution in [0.4, 0.5) is 0 Å². The molecule has 1 aromatic carbocycles. The molecule has 1 atom stereocenters. The molecule has 6 nitrogen and oxygen atoms in total. The molecule has 0 saturated heterocycles. The zero-order valence-electron chi connectivity index (χ0n) is 13.3. The highest BCUT2D eigenvalue weighted by Crippen LogP contribution is 2.40. The number of carbonyl (C=O) groups is 2. The number of Topliss-reactive ketones (excluding diaryl/α,β-unsaturated/α-hetero) is 1. The molecule has 2 rings (SSSR count). The van der Waals surface area contributed by atoms with Crippen LogP contribution in [0.3, 0.4) is 0 Å². The number of rotatable bonds is 5. The van der Waals surface area contributed by atoms with Gasteiger partial charge in [0.05, 0.1) is 28.3 Å². The van der Waals surface area contributed by atoms with Gasteiger partial charge < -0.3 is 16.2 Å². The first kappa shape index (κ1) is 17.6. The Kier molecular flexibility index (Phi) is 5.31. The number of primary amides is 1. The number of allylic oxidation sites excluding steroid dienone is 3. The molecule has 1 heterocycles. The number of amides is 1. The Bertz CT molecular complexity index is 788. The number of benzene rings is 1. The molecular formula is C17H17N3O3S. The number of carbonyl (C=O) groups excluding carboxylic acids is 2. The lowest BCUT2D eigenvalue weighted by molar-refractivity contribution is -0.115. The molecule has 0 fully saturated rings. The number of dihydropyridines is 1. The van der Waals surface area contributed by atoms with Crippen molar-refractivity contribution in [3.8, 4) is 11.8 Å². The first-order valence-corrected chi connectivity index (χ1v) is 8.16. The van der Waals surface area contributed by atoms with Crippen LogP contribution in [0.15, 0.2) is 46.1 Å². The molecule has 0 aromatic heterocycles. The number of phenols is 1. The number of nitrogens with zero attached hydrogens (tertiary/aromatic N) is 1. The molecule has 0 bridgehead atoms. The Morgan fingerprint density at radius 2 is 2.00 bits per heavy atom. The Morgan fingerprint density at radius 3 is 2.50 bits per heavy atom. The second-order valence-electron chi connectivity index (χ2n) is 5.35. The summed E-state index contributed by atoms with van der Waals surface area (Å²) in [7, 11) is 0. The third kappa shape index (κ3) is 3.60. The van der Waals surface area contributed by atoms with Crippen LogP contribution in [0.5, 0.6) is 5.75 Å². The third-order valence-electron chi connectivity index (χ3n) is 3.61. The van der Waals surface area contributed by atoms with E-state index in [1.165, 1.54) is 19.1 Å². The molecule has 0 saturated carbocycles. The van der Waals surface area contributed by atoms with Gasteiger partial charge in [-0.3, -0.25) is 9.59 Å². The number of thioether (sulfide) groups is 1. The Hall–Kier alpha value is -2.72. The molecule has 1 amide bonds. The summed E-state index contributed by atoms with van der Waals surface area (Å²) in [6.07, 6.45) is 0. The Labute approximate surface area is 144 Å². The van der Waals surface area contributed by atoms with Crippen molar-refractivity contribution < 1.29 is 14.7 Å². The summed E-state index contributed by atoms with van der Waals surface area (Å²) < 4.78 is 0. The lowest BCUT2D eigenvalue weighted by atomic mass is 9.81. The van der Waals surface area contributed by atoms with E-state index in [2.05, 4.69) is 11.4 Å². The minimum Gasteiger partial charge on any atom is -0.508 e. The van der Waals surface area contributed by atoms with Crippen molar-refractivity contribution in [3.05, 3.63) is 51.7 Å². The summed E-state index contributed by atoms with van der Waals surface area (Å²) in [6, 6.07) is 8.51. The van der Waals surface area contributed by atoms with Crippen molar-refractivity contribution in [2.45, 2.75) is 19.8 Å². The second kappa shape index (κ2) is 7.23. The van der Waals surface area contributed by atoms with Gasteiger partial charge in [-0.1, -0.05) is 23.9 Å². The zero-order chi connectivity index (χ0) is 17.9. The van der Waals surface area contributed by atoms with Gasteiger partial charge in [0, 0.05) is 11.3 Å². The predicted molar refractivity (Wildman–Crippen MR) is 91.7 cm³/mol. The molecule has 0 unspecified atom stereocenters. The average molecular weight is 343 g/mol. The summed E-state index contributed by atoms with van der Waals surface area (Å²) >= 11 is 1.13. The van der Waals surface area contributed by atoms with Crippen molar-refractivity contribution in [3.63, 3.8) is 0 Å². The van der Waals surface area contributed by atoms with Gasteiger partial charge in [0.1, 0.15) is 5.75 Å². The van der Waals surface area contributed by atoms with Crippen molar-refractivity contribution in [1.82, 2.24) is 5.32 Å². The van der Waals surface area contributed by atoms with Crippen LogP contribution in [0.2, 0.25) is 0 Å². The van der Waals surface area contributed by atoms with E-state index in [9.17, 15) is 20.0 Å². The van der Waals surface area contributed by atoms with Crippen LogP contribution in [0.25, 0.3) is 0 Å². The van der Waals surface area contributed by atoms with Gasteiger partial charge >= 0.3 is 0 Å². The fourth-order valence-electron chi connectivity index (χ4n) is 2.64. The van der Waals surface area contributed by atoms with Crippen LogP contribution in [-0.4, -0.2) is 22.5 Å². The van der Waals surface area contributed by atoms with E-state index in [4.69, 9.17) is 5.73 Å². The highest BCUT2D eigenvalue weighted by molar-refractivity contribution is 8.03. The average Bonchev–Trinajstić information content (AvgIpc) is 2.52. The van der Waals surface area contributed by atoms with Gasteiger partial charge in [-0.25, -0.2) is 0 Å². The van der Waals surface area contributed by atoms with E-state index < -0.39 is 11.8 Å². The van der Waals surface area contributed by atoms with Gasteiger partial charge in [-0.2, -0.15) is 5.26 Å². The number of hydrogen-bond donors (Lipinski definition) is 3. The number of hydrogen-bond acceptors (Lipinski definition) is 6. The molecular weight excluding hydrogens is 326 g/mol. The molecule has 1 aliphatic rings. The van der Waals surface area contributed by atoms with Crippen molar-refractivity contribution in [2.75, 3.05) is 5.75 Å². The van der Waals surface area contributed by atoms with E-state index in [-0.39, 0.29) is 17.3 Å². The minimum atomic E-state index is -0.551. The van der Waals surface area contributed by atoms with E-state index in [1.54, 1.807) is 19.1 Å². The number of ketones is 1. The molecule has 0 radical (unpaired) electrons. The van der Waals surface area contributed by atoms with Gasteiger partial charge in [0.15, 0.2) is 5.78 Å². The van der Waals surface area contributed by atoms with Crippen LogP contribution in [0.1, 0.15) is 25.3 Å². The van der Waals surface area contributed by atoms with Crippen molar-refractivity contribution in [1.29, 1.82) is 5.26 Å². The first-order valence-electron chi connectivity index (χ1n) is 7.18. The number of aromatic hydroxyl groups is 1. The fraction of sp³-hybridized carbons (Fsp3) is 0.235. The molecule has 0 spiro atoms. The van der Waals surface area contributed by atoms with Gasteiger partial charge in [0.25, 0.3) is 0 Å². The van der Waals surface area contributed by atoms with Gasteiger partial charge in [-0.15, -0.1) is 0 Å². The number of nitrogens with two attached hydrogens (primary N) is 1. The summed E-state index contributed by atoms with van der Waals surface area (Å²) in [5.74, 6) is -1.07. The van der Waals surface area contributed by atoms with E-state index >= 15 is 0 Å². The summed E-state index contributed by atoms with van der Waals surface area (Å²) in [4.78, 5) is 23.2. The van der Waals surface area contributed by atoms with E-state index in [0.29, 0.717) is 27.4 Å². The first-order chi connectivity index (χ1) is 11.3. The third-order valence-corrected chi connectivity index (χ3v) is 4.65. The second-order valence-corrected chi connectivity index (χ2v) is 6.34. The molecule has 24 heavy (non-hydrogen) atoms. The SMILES string of the molecule is CC(=O)C1=C(C)NC(SCC(N)=O)=C(C#N)[C@H]1c1ccc(O)cc1. The monoisotopic (exact) mass is 343 g/mol. The quantitative estimate of drug-likeness (QED) is 0.752. The molecule has 4 N–H and O–H groups in total. The highest BCUT2D eigenvalue weighted by Gasteiger charge is 2.33. The largest absolute Gasteiger partial charge is 0.508 e. The maximum atomic E-state index is 12.1. The standard InChI is InChI=1S/C17H17N3O3S/c1-9-15(10(2)21)16(11-3-5-12(22)6-4-11)13(7-18)17(20-9)24-8-14(19)23/h3-6,16,20,22H,8H2,1-2H3,(H2,19,23)/t16-/m1/s1. The number of phenolic OH excluding ortho intramolecular Hbond substituents is 1. The maximum absolute atomic E-state index is 12.1. The summed E-state index contributed by atoms with van der Waals surface area (Å²) in [5.41, 5.74) is 7.37. The van der Waals surface area contributed by atoms with Crippen LogP contribution >= 0.6 is 11.8 Å². The lowest BCUT2D eigenvalue weighted by Gasteiger charge is -2.29. The molecule has 1 aliphatic heterocycles. The minimum absolute atomic E-state index is 0.0263. The summed E-state index contributed by atoms with van der Waals surface area (Å²) in [5, 5.41) is 22.7. The lowest BCUT2D eigenvalue weighted by Crippen LogP contribution is -2.27. The van der Waals surface area contributed by atoms with Crippen molar-refractivity contribution in [2.24, 2.45) is 5.73 Å². The van der Waals surface area contributed by atoms with Crippen LogP contribution < -0.4 is 11.1 Å². The topological polar surface area (TPSA) is 116 Å². The zero-order valence-corrected chi connectivity index (χ0v) is 14.1. The smallest absolute Gasteiger partial charge is 0.227 e. The van der Waals surface area contributed by atoms with Crippen molar-refractivity contribution >= 4 is 23.5 Å². The normalized spacial score (nSPS) is 17.3. The Morgan fingerprint density at radius 1 is 1.38 bits per heavy atom. The van der Waals surface area contributed by atoms with E-state index in [1.807, 2.05) is 0 Å². The molecule has 7 heteroatoms. The molecule has 1 aromatic rings. The molecule has 124 valence electrons. The van der Waals surface area contributed by atoms with Crippen LogP contribution in [0, 0.1) is 11.3 Å². The maximum Gasteiger partial charge on any atom is 0.227 e. The van der Waals surface area contributed by atoms with Gasteiger partial charge in [0.2, 0.25) is 5.91 Å². The number of nitrogens with one attached hydrogen (secondary N) is 1. The summed E-state index contributed by atoms with van der Waals surface area (Å²) in [6.45, 7) is 3.20. The predicted octanol–water partition coefficient (Wildman–Crippen LogP) is 1.90. The number of nitriles is 1. The van der Waals surface area contributed by atoms with Gasteiger partial charge in [-0.05, 0) is 31.5 Å². The molecule has 0 aliphatic carbocycles. The fourth-order valence-corrected chi connectivity index (χ4v) is 3.47. The van der Waals surface area contributed by atoms with Crippen LogP contribution in [-0.2, 0) is 9.59 Å². The van der Waals surface area contributed by atoms with E-state index in [0.717, 1.165) is 11.8 Å².